The number of carbonyl (C=O) groups is 2. The second-order valence-electron chi connectivity index (χ2n) is 7.26. The van der Waals surface area contributed by atoms with Gasteiger partial charge in [0.25, 0.3) is 0 Å². The van der Waals surface area contributed by atoms with Gasteiger partial charge in [-0.2, -0.15) is 0 Å². The van der Waals surface area contributed by atoms with E-state index in [1.807, 2.05) is 55.6 Å². The summed E-state index contributed by atoms with van der Waals surface area (Å²) >= 11 is 0. The number of carbonyl (C=O) groups excluding carboxylic acids is 2. The first-order valence-corrected chi connectivity index (χ1v) is 9.22. The zero-order valence-electron chi connectivity index (χ0n) is 14.9. The third-order valence-electron chi connectivity index (χ3n) is 5.97. The van der Waals surface area contributed by atoms with E-state index in [9.17, 15) is 9.59 Å². The topological polar surface area (TPSA) is 46.6 Å². The van der Waals surface area contributed by atoms with Crippen LogP contribution >= 0.6 is 0 Å². The molecule has 26 heavy (non-hydrogen) atoms. The van der Waals surface area contributed by atoms with E-state index >= 15 is 0 Å². The van der Waals surface area contributed by atoms with Crippen molar-refractivity contribution >= 4 is 11.8 Å². The van der Waals surface area contributed by atoms with Gasteiger partial charge in [-0.25, -0.2) is 4.79 Å². The number of nitrogens with zero attached hydrogens (tertiary/aromatic N) is 1. The van der Waals surface area contributed by atoms with Gasteiger partial charge in [0.15, 0.2) is 11.5 Å². The molecule has 0 aromatic heterocycles. The number of piperidine rings is 1. The highest BCUT2D eigenvalue weighted by Crippen LogP contribution is 2.48. The van der Waals surface area contributed by atoms with Crippen LogP contribution in [0.25, 0.3) is 0 Å². The standard InChI is InChI=1S/C22H23NO3/c1-23-18-12-13-19(20(24)16-8-4-2-5-9-16)22(23,15-14-18)26-21(25)17-10-6-3-7-11-17/h2-11,18-19H,12-15H2,1H3/t18-,19?,22+/m1/s1. The molecule has 134 valence electrons. The Morgan fingerprint density at radius 2 is 1.54 bits per heavy atom. The van der Waals surface area contributed by atoms with Crippen LogP contribution in [0.2, 0.25) is 0 Å². The summed E-state index contributed by atoms with van der Waals surface area (Å²) in [7, 11) is 1.99. The van der Waals surface area contributed by atoms with Crippen LogP contribution in [-0.4, -0.2) is 35.5 Å². The molecule has 2 aliphatic rings. The second-order valence-corrected chi connectivity index (χ2v) is 7.26. The first-order chi connectivity index (χ1) is 12.6. The van der Waals surface area contributed by atoms with Gasteiger partial charge in [-0.15, -0.1) is 0 Å². The Balaban J connectivity index is 1.67. The molecule has 2 aliphatic heterocycles. The van der Waals surface area contributed by atoms with Crippen LogP contribution in [0.4, 0.5) is 0 Å². The molecule has 4 heteroatoms. The summed E-state index contributed by atoms with van der Waals surface area (Å²) in [6.07, 6.45) is 3.38. The average molecular weight is 349 g/mol. The fourth-order valence-electron chi connectivity index (χ4n) is 4.52. The Hall–Kier alpha value is -2.46. The zero-order valence-corrected chi connectivity index (χ0v) is 14.9. The summed E-state index contributed by atoms with van der Waals surface area (Å²) in [5, 5.41) is 0. The van der Waals surface area contributed by atoms with Crippen molar-refractivity contribution in [3.63, 3.8) is 0 Å². The number of ether oxygens (including phenoxy) is 1. The molecule has 2 saturated heterocycles. The number of hydrogen-bond acceptors (Lipinski definition) is 4. The highest BCUT2D eigenvalue weighted by atomic mass is 16.6. The largest absolute Gasteiger partial charge is 0.439 e. The molecule has 3 atom stereocenters. The van der Waals surface area contributed by atoms with Gasteiger partial charge in [0.1, 0.15) is 0 Å². The minimum absolute atomic E-state index is 0.0682. The molecule has 0 aliphatic carbocycles. The number of fused-ring (bicyclic) bond motifs is 2. The van der Waals surface area contributed by atoms with Crippen molar-refractivity contribution in [1.29, 1.82) is 0 Å². The van der Waals surface area contributed by atoms with Crippen molar-refractivity contribution in [3.05, 3.63) is 71.8 Å². The molecule has 0 saturated carbocycles. The fraction of sp³-hybridized carbons (Fsp3) is 0.364. The van der Waals surface area contributed by atoms with Gasteiger partial charge in [0, 0.05) is 18.0 Å². The molecule has 2 aromatic rings. The van der Waals surface area contributed by atoms with Gasteiger partial charge < -0.3 is 4.74 Å². The van der Waals surface area contributed by atoms with Crippen LogP contribution in [0.15, 0.2) is 60.7 Å². The molecule has 0 radical (unpaired) electrons. The molecule has 0 spiro atoms. The number of benzene rings is 2. The molecule has 2 heterocycles. The highest BCUT2D eigenvalue weighted by molar-refractivity contribution is 5.99. The van der Waals surface area contributed by atoms with E-state index in [0.717, 1.165) is 19.3 Å². The first-order valence-electron chi connectivity index (χ1n) is 9.22. The molecule has 4 rings (SSSR count). The number of rotatable bonds is 4. The van der Waals surface area contributed by atoms with E-state index in [1.165, 1.54) is 0 Å². The van der Waals surface area contributed by atoms with Crippen LogP contribution in [0.1, 0.15) is 46.4 Å². The molecular weight excluding hydrogens is 326 g/mol. The van der Waals surface area contributed by atoms with Gasteiger partial charge in [-0.05, 0) is 38.4 Å². The highest BCUT2D eigenvalue weighted by Gasteiger charge is 2.58. The van der Waals surface area contributed by atoms with Crippen LogP contribution in [0.5, 0.6) is 0 Å². The Morgan fingerprint density at radius 3 is 2.19 bits per heavy atom. The molecule has 2 fully saturated rings. The SMILES string of the molecule is CN1[C@@H]2CCC(C(=O)c3ccccc3)[C@@]1(OC(=O)c1ccccc1)CC2. The monoisotopic (exact) mass is 349 g/mol. The van der Waals surface area contributed by atoms with E-state index in [4.69, 9.17) is 4.74 Å². The van der Waals surface area contributed by atoms with Crippen LogP contribution in [0, 0.1) is 5.92 Å². The Kier molecular flexibility index (Phi) is 4.37. The van der Waals surface area contributed by atoms with Gasteiger partial charge in [-0.1, -0.05) is 48.5 Å². The molecule has 1 unspecified atom stereocenters. The Morgan fingerprint density at radius 1 is 0.923 bits per heavy atom. The summed E-state index contributed by atoms with van der Waals surface area (Å²) in [5.41, 5.74) is 0.365. The van der Waals surface area contributed by atoms with Crippen molar-refractivity contribution < 1.29 is 14.3 Å². The minimum Gasteiger partial charge on any atom is -0.439 e. The van der Waals surface area contributed by atoms with Gasteiger partial charge in [0.05, 0.1) is 11.5 Å². The van der Waals surface area contributed by atoms with Crippen LogP contribution < -0.4 is 0 Å². The second kappa shape index (κ2) is 6.69. The maximum Gasteiger partial charge on any atom is 0.339 e. The lowest BCUT2D eigenvalue weighted by Gasteiger charge is -2.46. The number of esters is 1. The molecule has 0 N–H and O–H groups in total. The van der Waals surface area contributed by atoms with Crippen LogP contribution in [-0.2, 0) is 4.74 Å². The third-order valence-corrected chi connectivity index (χ3v) is 5.97. The number of hydrogen-bond donors (Lipinski definition) is 0. The zero-order chi connectivity index (χ0) is 18.1. The predicted octanol–water partition coefficient (Wildman–Crippen LogP) is 3.93. The summed E-state index contributed by atoms with van der Waals surface area (Å²) in [6, 6.07) is 18.7. The van der Waals surface area contributed by atoms with E-state index in [-0.39, 0.29) is 17.7 Å². The van der Waals surface area contributed by atoms with Crippen molar-refractivity contribution in [2.24, 2.45) is 5.92 Å². The van der Waals surface area contributed by atoms with E-state index < -0.39 is 5.72 Å². The summed E-state index contributed by atoms with van der Waals surface area (Å²) in [4.78, 5) is 28.2. The van der Waals surface area contributed by atoms with Crippen LogP contribution in [0.3, 0.4) is 0 Å². The minimum atomic E-state index is -0.844. The fourth-order valence-corrected chi connectivity index (χ4v) is 4.52. The quantitative estimate of drug-likeness (QED) is 0.620. The average Bonchev–Trinajstić information content (AvgIpc) is 2.88. The van der Waals surface area contributed by atoms with E-state index in [2.05, 4.69) is 4.90 Å². The molecular formula is C22H23NO3. The van der Waals surface area contributed by atoms with Gasteiger partial charge >= 0.3 is 5.97 Å². The van der Waals surface area contributed by atoms with Crippen molar-refractivity contribution in [3.8, 4) is 0 Å². The van der Waals surface area contributed by atoms with Crippen molar-refractivity contribution in [2.45, 2.75) is 37.5 Å². The smallest absolute Gasteiger partial charge is 0.339 e. The molecule has 4 nitrogen and oxygen atoms in total. The predicted molar refractivity (Wildman–Crippen MR) is 98.9 cm³/mol. The van der Waals surface area contributed by atoms with Crippen molar-refractivity contribution in [1.82, 2.24) is 4.90 Å². The maximum atomic E-state index is 13.2. The summed E-state index contributed by atoms with van der Waals surface area (Å²) in [6.45, 7) is 0. The lowest BCUT2D eigenvalue weighted by atomic mass is 9.81. The third kappa shape index (κ3) is 2.74. The molecule has 2 bridgehead atoms. The lowest BCUT2D eigenvalue weighted by molar-refractivity contribution is -0.140. The molecule has 2 aromatic carbocycles. The summed E-state index contributed by atoms with van der Waals surface area (Å²) < 4.78 is 6.09. The normalized spacial score (nSPS) is 27.9. The Labute approximate surface area is 153 Å². The lowest BCUT2D eigenvalue weighted by Crippen LogP contribution is -2.58. The number of ketones is 1. The van der Waals surface area contributed by atoms with E-state index in [0.29, 0.717) is 23.6 Å². The van der Waals surface area contributed by atoms with Gasteiger partial charge in [-0.3, -0.25) is 9.69 Å². The first kappa shape index (κ1) is 17.0. The maximum absolute atomic E-state index is 13.2. The Bertz CT molecular complexity index is 805. The van der Waals surface area contributed by atoms with E-state index in [1.54, 1.807) is 12.1 Å². The van der Waals surface area contributed by atoms with Crippen molar-refractivity contribution in [2.75, 3.05) is 7.05 Å². The summed E-state index contributed by atoms with van der Waals surface area (Å²) in [5.74, 6) is -0.620. The molecule has 0 amide bonds. The number of Topliss-reactive ketones (excluding diaryl/α,β-unsaturated/α-hetero) is 1. The van der Waals surface area contributed by atoms with Gasteiger partial charge in [0.2, 0.25) is 0 Å².